The Labute approximate surface area is 150 Å². The molecule has 0 aromatic carbocycles. The van der Waals surface area contributed by atoms with Crippen molar-refractivity contribution in [2.45, 2.75) is 50.2 Å². The first-order valence-corrected chi connectivity index (χ1v) is 9.47. The molecule has 0 unspecified atom stereocenters. The lowest BCUT2D eigenvalue weighted by Crippen LogP contribution is -2.54. The van der Waals surface area contributed by atoms with E-state index in [0.29, 0.717) is 31.6 Å². The number of nitrogens with one attached hydrogen (secondary N) is 1. The van der Waals surface area contributed by atoms with E-state index in [2.05, 4.69) is 5.32 Å². The summed E-state index contributed by atoms with van der Waals surface area (Å²) >= 11 is 1.50. The van der Waals surface area contributed by atoms with Gasteiger partial charge in [-0.05, 0) is 37.7 Å². The van der Waals surface area contributed by atoms with Crippen LogP contribution < -0.4 is 11.1 Å². The molecular weight excluding hydrogens is 350 g/mol. The molecule has 10 heteroatoms. The normalized spacial score (nSPS) is 19.3. The number of carbonyl (C=O) groups excluding carboxylic acids is 2. The standard InChI is InChI=1S/C15H25N3O6S/c1-25-8-6-10(17-13(21)9(16)4-5-12(19)20)14(22)18-7-2-3-11(18)15(23)24/h9-11H,2-8,16H2,1H3,(H,17,21)(H,19,20)(H,23,24)/t9-,10-,11+/m0/s1. The highest BCUT2D eigenvalue weighted by atomic mass is 32.2. The summed E-state index contributed by atoms with van der Waals surface area (Å²) in [6.07, 6.45) is 2.92. The summed E-state index contributed by atoms with van der Waals surface area (Å²) in [5.74, 6) is -2.55. The van der Waals surface area contributed by atoms with E-state index in [9.17, 15) is 24.3 Å². The maximum atomic E-state index is 12.7. The predicted octanol–water partition coefficient (Wildman–Crippen LogP) is -0.508. The van der Waals surface area contributed by atoms with E-state index in [1.807, 2.05) is 6.26 Å². The maximum absolute atomic E-state index is 12.7. The Hall–Kier alpha value is -1.81. The second-order valence-electron chi connectivity index (χ2n) is 5.91. The van der Waals surface area contributed by atoms with Crippen molar-refractivity contribution in [1.82, 2.24) is 10.2 Å². The van der Waals surface area contributed by atoms with E-state index in [1.54, 1.807) is 0 Å². The quantitative estimate of drug-likeness (QED) is 0.399. The molecule has 0 aromatic heterocycles. The summed E-state index contributed by atoms with van der Waals surface area (Å²) in [7, 11) is 0. The van der Waals surface area contributed by atoms with E-state index in [-0.39, 0.29) is 12.8 Å². The van der Waals surface area contributed by atoms with Gasteiger partial charge in [0.1, 0.15) is 12.1 Å². The summed E-state index contributed by atoms with van der Waals surface area (Å²) in [6, 6.07) is -2.77. The Kier molecular flexibility index (Phi) is 8.70. The molecule has 142 valence electrons. The molecule has 0 aliphatic carbocycles. The van der Waals surface area contributed by atoms with Crippen LogP contribution >= 0.6 is 11.8 Å². The zero-order valence-electron chi connectivity index (χ0n) is 14.1. The molecule has 0 bridgehead atoms. The number of nitrogens with two attached hydrogens (primary N) is 1. The van der Waals surface area contributed by atoms with Crippen LogP contribution in [0.25, 0.3) is 0 Å². The summed E-state index contributed by atoms with van der Waals surface area (Å²) in [4.78, 5) is 48.0. The van der Waals surface area contributed by atoms with Crippen LogP contribution in [-0.2, 0) is 19.2 Å². The Morgan fingerprint density at radius 3 is 2.52 bits per heavy atom. The number of rotatable bonds is 10. The van der Waals surface area contributed by atoms with Gasteiger partial charge in [0.2, 0.25) is 11.8 Å². The Morgan fingerprint density at radius 1 is 1.28 bits per heavy atom. The van der Waals surface area contributed by atoms with Crippen LogP contribution in [0.15, 0.2) is 0 Å². The number of hydrogen-bond donors (Lipinski definition) is 4. The molecule has 9 nitrogen and oxygen atoms in total. The van der Waals surface area contributed by atoms with Crippen LogP contribution in [0.5, 0.6) is 0 Å². The number of amides is 2. The van der Waals surface area contributed by atoms with E-state index in [4.69, 9.17) is 10.8 Å². The van der Waals surface area contributed by atoms with Crippen LogP contribution in [0.2, 0.25) is 0 Å². The highest BCUT2D eigenvalue weighted by molar-refractivity contribution is 7.98. The van der Waals surface area contributed by atoms with Crippen molar-refractivity contribution in [3.63, 3.8) is 0 Å². The fourth-order valence-electron chi connectivity index (χ4n) is 2.67. The molecule has 3 atom stereocenters. The Bertz CT molecular complexity index is 515. The number of aliphatic carboxylic acids is 2. The van der Waals surface area contributed by atoms with Crippen LogP contribution in [0.3, 0.4) is 0 Å². The lowest BCUT2D eigenvalue weighted by molar-refractivity contribution is -0.149. The van der Waals surface area contributed by atoms with Gasteiger partial charge in [-0.15, -0.1) is 0 Å². The number of thioether (sulfide) groups is 1. The zero-order chi connectivity index (χ0) is 19.0. The summed E-state index contributed by atoms with van der Waals surface area (Å²) in [6.45, 7) is 0.340. The second-order valence-corrected chi connectivity index (χ2v) is 6.90. The van der Waals surface area contributed by atoms with E-state index >= 15 is 0 Å². The monoisotopic (exact) mass is 375 g/mol. The van der Waals surface area contributed by atoms with Crippen LogP contribution in [-0.4, -0.2) is 75.5 Å². The maximum Gasteiger partial charge on any atom is 0.326 e. The topological polar surface area (TPSA) is 150 Å². The van der Waals surface area contributed by atoms with Gasteiger partial charge in [-0.1, -0.05) is 0 Å². The van der Waals surface area contributed by atoms with Gasteiger partial charge < -0.3 is 26.2 Å². The number of hydrogen-bond acceptors (Lipinski definition) is 6. The van der Waals surface area contributed by atoms with Crippen molar-refractivity contribution in [2.75, 3.05) is 18.6 Å². The van der Waals surface area contributed by atoms with Gasteiger partial charge in [0, 0.05) is 13.0 Å². The molecule has 0 saturated carbocycles. The van der Waals surface area contributed by atoms with Gasteiger partial charge >= 0.3 is 11.9 Å². The first-order valence-electron chi connectivity index (χ1n) is 8.07. The molecule has 1 rings (SSSR count). The van der Waals surface area contributed by atoms with Crippen LogP contribution in [0, 0.1) is 0 Å². The highest BCUT2D eigenvalue weighted by Gasteiger charge is 2.37. The highest BCUT2D eigenvalue weighted by Crippen LogP contribution is 2.19. The lowest BCUT2D eigenvalue weighted by Gasteiger charge is -2.28. The van der Waals surface area contributed by atoms with Crippen molar-refractivity contribution in [3.8, 4) is 0 Å². The van der Waals surface area contributed by atoms with E-state index in [0.717, 1.165) is 0 Å². The van der Waals surface area contributed by atoms with Crippen LogP contribution in [0.1, 0.15) is 32.1 Å². The van der Waals surface area contributed by atoms with Gasteiger partial charge in [-0.3, -0.25) is 14.4 Å². The van der Waals surface area contributed by atoms with Gasteiger partial charge in [-0.2, -0.15) is 11.8 Å². The van der Waals surface area contributed by atoms with Gasteiger partial charge in [0.05, 0.1) is 6.04 Å². The number of nitrogens with zero attached hydrogens (tertiary/aromatic N) is 1. The fourth-order valence-corrected chi connectivity index (χ4v) is 3.14. The third kappa shape index (κ3) is 6.54. The minimum atomic E-state index is -1.06. The van der Waals surface area contributed by atoms with Crippen molar-refractivity contribution in [1.29, 1.82) is 0 Å². The van der Waals surface area contributed by atoms with Crippen LogP contribution in [0.4, 0.5) is 0 Å². The summed E-state index contributed by atoms with van der Waals surface area (Å²) in [5, 5.41) is 20.4. The molecule has 2 amide bonds. The SMILES string of the molecule is CSCC[C@H](NC(=O)[C@@H](N)CCC(=O)O)C(=O)N1CCC[C@@H]1C(=O)O. The molecule has 1 saturated heterocycles. The third-order valence-electron chi connectivity index (χ3n) is 4.05. The fraction of sp³-hybridized carbons (Fsp3) is 0.733. The van der Waals surface area contributed by atoms with Crippen molar-refractivity contribution < 1.29 is 29.4 Å². The molecular formula is C15H25N3O6S. The first kappa shape index (κ1) is 21.2. The van der Waals surface area contributed by atoms with Crippen molar-refractivity contribution in [2.24, 2.45) is 5.73 Å². The number of carboxylic acid groups (broad SMARTS) is 2. The second kappa shape index (κ2) is 10.2. The number of carbonyl (C=O) groups is 4. The first-order chi connectivity index (χ1) is 11.8. The molecule has 1 aliphatic rings. The average molecular weight is 375 g/mol. The molecule has 25 heavy (non-hydrogen) atoms. The minimum absolute atomic E-state index is 0.0356. The molecule has 1 fully saturated rings. The van der Waals surface area contributed by atoms with Gasteiger partial charge in [0.15, 0.2) is 0 Å². The predicted molar refractivity (Wildman–Crippen MR) is 92.1 cm³/mol. The smallest absolute Gasteiger partial charge is 0.326 e. The lowest BCUT2D eigenvalue weighted by atomic mass is 10.1. The zero-order valence-corrected chi connectivity index (χ0v) is 15.0. The van der Waals surface area contributed by atoms with E-state index < -0.39 is 41.9 Å². The van der Waals surface area contributed by atoms with Gasteiger partial charge in [-0.25, -0.2) is 4.79 Å². The number of likely N-dealkylation sites (tertiary alicyclic amines) is 1. The Morgan fingerprint density at radius 2 is 1.96 bits per heavy atom. The molecule has 0 aromatic rings. The van der Waals surface area contributed by atoms with Crippen molar-refractivity contribution >= 4 is 35.5 Å². The third-order valence-corrected chi connectivity index (χ3v) is 4.70. The molecule has 5 N–H and O–H groups in total. The minimum Gasteiger partial charge on any atom is -0.481 e. The Balaban J connectivity index is 2.75. The van der Waals surface area contributed by atoms with Gasteiger partial charge in [0.25, 0.3) is 0 Å². The average Bonchev–Trinajstić information content (AvgIpc) is 3.05. The molecule has 1 heterocycles. The number of carboxylic acids is 2. The molecule has 0 radical (unpaired) electrons. The summed E-state index contributed by atoms with van der Waals surface area (Å²) < 4.78 is 0. The summed E-state index contributed by atoms with van der Waals surface area (Å²) in [5.41, 5.74) is 5.67. The molecule has 0 spiro atoms. The van der Waals surface area contributed by atoms with Crippen molar-refractivity contribution in [3.05, 3.63) is 0 Å². The van der Waals surface area contributed by atoms with E-state index in [1.165, 1.54) is 16.7 Å². The molecule has 1 aliphatic heterocycles. The largest absolute Gasteiger partial charge is 0.481 e.